The van der Waals surface area contributed by atoms with Gasteiger partial charge in [-0.05, 0) is 29.3 Å². The molecule has 3 heteroatoms. The van der Waals surface area contributed by atoms with Crippen molar-refractivity contribution in [2.75, 3.05) is 0 Å². The number of thioether (sulfide) groups is 1. The van der Waals surface area contributed by atoms with Crippen molar-refractivity contribution in [1.29, 1.82) is 0 Å². The number of rotatable bonds is 4. The second-order valence-electron chi connectivity index (χ2n) is 3.68. The summed E-state index contributed by atoms with van der Waals surface area (Å²) in [6.45, 7) is -0.130. The van der Waals surface area contributed by atoms with E-state index in [0.717, 1.165) is 10.6 Å². The quantitative estimate of drug-likeness (QED) is 0.834. The lowest BCUT2D eigenvalue weighted by Gasteiger charge is -2.07. The van der Waals surface area contributed by atoms with Gasteiger partial charge >= 0.3 is 0 Å². The van der Waals surface area contributed by atoms with E-state index < -0.39 is 0 Å². The van der Waals surface area contributed by atoms with Crippen molar-refractivity contribution in [2.45, 2.75) is 17.3 Å². The van der Waals surface area contributed by atoms with Gasteiger partial charge in [0.1, 0.15) is 5.82 Å². The lowest BCUT2D eigenvalue weighted by molar-refractivity contribution is 0.278. The van der Waals surface area contributed by atoms with Crippen LogP contribution in [0.2, 0.25) is 0 Å². The van der Waals surface area contributed by atoms with Crippen molar-refractivity contribution >= 4 is 11.8 Å². The Morgan fingerprint density at radius 1 is 1.06 bits per heavy atom. The molecule has 88 valence electrons. The highest BCUT2D eigenvalue weighted by atomic mass is 32.2. The molecule has 0 heterocycles. The molecule has 0 atom stereocenters. The van der Waals surface area contributed by atoms with Gasteiger partial charge in [0.25, 0.3) is 0 Å². The van der Waals surface area contributed by atoms with Gasteiger partial charge in [-0.3, -0.25) is 0 Å². The minimum Gasteiger partial charge on any atom is -0.392 e. The predicted molar refractivity (Wildman–Crippen MR) is 68.3 cm³/mol. The van der Waals surface area contributed by atoms with Crippen molar-refractivity contribution in [3.8, 4) is 0 Å². The van der Waals surface area contributed by atoms with E-state index in [0.29, 0.717) is 5.56 Å². The maximum absolute atomic E-state index is 13.0. The Balaban J connectivity index is 2.09. The third-order valence-electron chi connectivity index (χ3n) is 2.43. The fourth-order valence-corrected chi connectivity index (χ4v) is 2.54. The van der Waals surface area contributed by atoms with E-state index in [-0.39, 0.29) is 12.4 Å². The van der Waals surface area contributed by atoms with Crippen molar-refractivity contribution in [1.82, 2.24) is 0 Å². The summed E-state index contributed by atoms with van der Waals surface area (Å²) in [7, 11) is 0. The molecule has 2 aromatic rings. The molecule has 0 saturated carbocycles. The van der Waals surface area contributed by atoms with Crippen LogP contribution in [-0.4, -0.2) is 5.11 Å². The van der Waals surface area contributed by atoms with Crippen molar-refractivity contribution in [2.24, 2.45) is 0 Å². The summed E-state index contributed by atoms with van der Waals surface area (Å²) < 4.78 is 13.0. The SMILES string of the molecule is OCc1cc(F)ccc1SCc1ccccc1. The summed E-state index contributed by atoms with van der Waals surface area (Å²) >= 11 is 1.61. The highest BCUT2D eigenvalue weighted by molar-refractivity contribution is 7.98. The minimum atomic E-state index is -0.307. The predicted octanol–water partition coefficient (Wildman–Crippen LogP) is 3.61. The van der Waals surface area contributed by atoms with Crippen LogP contribution in [0.1, 0.15) is 11.1 Å². The van der Waals surface area contributed by atoms with Gasteiger partial charge in [-0.1, -0.05) is 30.3 Å². The first-order valence-corrected chi connectivity index (χ1v) is 6.34. The third-order valence-corrected chi connectivity index (χ3v) is 3.62. The van der Waals surface area contributed by atoms with Crippen LogP contribution in [0.3, 0.4) is 0 Å². The topological polar surface area (TPSA) is 20.2 Å². The largest absolute Gasteiger partial charge is 0.392 e. The summed E-state index contributed by atoms with van der Waals surface area (Å²) in [5.74, 6) is 0.512. The van der Waals surface area contributed by atoms with Crippen LogP contribution >= 0.6 is 11.8 Å². The van der Waals surface area contributed by atoms with E-state index in [9.17, 15) is 4.39 Å². The summed E-state index contributed by atoms with van der Waals surface area (Å²) in [4.78, 5) is 0.928. The number of hydrogen-bond acceptors (Lipinski definition) is 2. The molecular weight excluding hydrogens is 235 g/mol. The lowest BCUT2D eigenvalue weighted by atomic mass is 10.2. The molecule has 0 unspecified atom stereocenters. The summed E-state index contributed by atoms with van der Waals surface area (Å²) in [5.41, 5.74) is 1.86. The van der Waals surface area contributed by atoms with Crippen LogP contribution in [0.15, 0.2) is 53.4 Å². The fourth-order valence-electron chi connectivity index (χ4n) is 1.55. The second kappa shape index (κ2) is 5.84. The van der Waals surface area contributed by atoms with Gasteiger partial charge in [-0.15, -0.1) is 11.8 Å². The van der Waals surface area contributed by atoms with E-state index in [2.05, 4.69) is 12.1 Å². The highest BCUT2D eigenvalue weighted by Gasteiger charge is 2.04. The maximum Gasteiger partial charge on any atom is 0.123 e. The maximum atomic E-state index is 13.0. The first kappa shape index (κ1) is 12.1. The molecule has 1 N–H and O–H groups in total. The Labute approximate surface area is 104 Å². The van der Waals surface area contributed by atoms with Crippen LogP contribution in [0, 0.1) is 5.82 Å². The standard InChI is InChI=1S/C14H13FOS/c15-13-6-7-14(12(8-13)9-16)17-10-11-4-2-1-3-5-11/h1-8,16H,9-10H2. The Morgan fingerprint density at radius 2 is 1.82 bits per heavy atom. The van der Waals surface area contributed by atoms with E-state index in [1.54, 1.807) is 17.8 Å². The second-order valence-corrected chi connectivity index (χ2v) is 4.70. The fraction of sp³-hybridized carbons (Fsp3) is 0.143. The zero-order valence-electron chi connectivity index (χ0n) is 9.27. The molecule has 0 aromatic heterocycles. The molecule has 0 fully saturated rings. The molecule has 0 spiro atoms. The van der Waals surface area contributed by atoms with Crippen molar-refractivity contribution < 1.29 is 9.50 Å². The first-order chi connectivity index (χ1) is 8.29. The normalized spacial score (nSPS) is 10.5. The monoisotopic (exact) mass is 248 g/mol. The van der Waals surface area contributed by atoms with Gasteiger partial charge in [-0.2, -0.15) is 0 Å². The number of aliphatic hydroxyl groups is 1. The van der Waals surface area contributed by atoms with E-state index in [1.165, 1.54) is 17.7 Å². The Kier molecular flexibility index (Phi) is 4.18. The van der Waals surface area contributed by atoms with Crippen LogP contribution in [-0.2, 0) is 12.4 Å². The molecule has 0 aliphatic rings. The number of halogens is 1. The summed E-state index contributed by atoms with van der Waals surface area (Å²) in [5, 5.41) is 9.16. The van der Waals surface area contributed by atoms with Gasteiger partial charge in [0.05, 0.1) is 6.61 Å². The molecule has 1 nitrogen and oxygen atoms in total. The van der Waals surface area contributed by atoms with Gasteiger partial charge in [0, 0.05) is 10.6 Å². The number of benzene rings is 2. The highest BCUT2D eigenvalue weighted by Crippen LogP contribution is 2.26. The van der Waals surface area contributed by atoms with Crippen LogP contribution in [0.4, 0.5) is 4.39 Å². The Morgan fingerprint density at radius 3 is 2.53 bits per heavy atom. The molecule has 2 rings (SSSR count). The van der Waals surface area contributed by atoms with E-state index in [1.807, 2.05) is 18.2 Å². The Hall–Kier alpha value is -1.32. The zero-order valence-corrected chi connectivity index (χ0v) is 10.1. The van der Waals surface area contributed by atoms with Crippen molar-refractivity contribution in [3.05, 3.63) is 65.5 Å². The molecule has 0 amide bonds. The van der Waals surface area contributed by atoms with Gasteiger partial charge in [0.2, 0.25) is 0 Å². The molecule has 0 aliphatic heterocycles. The average molecular weight is 248 g/mol. The van der Waals surface area contributed by atoms with Crippen molar-refractivity contribution in [3.63, 3.8) is 0 Å². The molecule has 17 heavy (non-hydrogen) atoms. The van der Waals surface area contributed by atoms with Gasteiger partial charge in [0.15, 0.2) is 0 Å². The van der Waals surface area contributed by atoms with E-state index >= 15 is 0 Å². The molecule has 2 aromatic carbocycles. The average Bonchev–Trinajstić information content (AvgIpc) is 2.38. The molecular formula is C14H13FOS. The lowest BCUT2D eigenvalue weighted by Crippen LogP contribution is -1.90. The van der Waals surface area contributed by atoms with Crippen LogP contribution in [0.5, 0.6) is 0 Å². The van der Waals surface area contributed by atoms with E-state index in [4.69, 9.17) is 5.11 Å². The van der Waals surface area contributed by atoms with Crippen LogP contribution in [0.25, 0.3) is 0 Å². The molecule has 0 radical (unpaired) electrons. The van der Waals surface area contributed by atoms with Crippen LogP contribution < -0.4 is 0 Å². The minimum absolute atomic E-state index is 0.130. The number of hydrogen-bond donors (Lipinski definition) is 1. The smallest absolute Gasteiger partial charge is 0.123 e. The van der Waals surface area contributed by atoms with Gasteiger partial charge in [-0.25, -0.2) is 4.39 Å². The molecule has 0 bridgehead atoms. The number of aliphatic hydroxyl groups excluding tert-OH is 1. The Bertz CT molecular complexity index is 485. The molecule has 0 aliphatic carbocycles. The first-order valence-electron chi connectivity index (χ1n) is 5.35. The summed E-state index contributed by atoms with van der Waals surface area (Å²) in [6, 6.07) is 14.6. The van der Waals surface area contributed by atoms with Gasteiger partial charge < -0.3 is 5.11 Å². The summed E-state index contributed by atoms with van der Waals surface area (Å²) in [6.07, 6.45) is 0. The zero-order chi connectivity index (χ0) is 12.1. The third kappa shape index (κ3) is 3.32. The molecule has 0 saturated heterocycles.